The lowest BCUT2D eigenvalue weighted by Gasteiger charge is -2.31. The second kappa shape index (κ2) is 10.3. The third-order valence-electron chi connectivity index (χ3n) is 7.01. The van der Waals surface area contributed by atoms with Crippen molar-refractivity contribution < 1.29 is 23.5 Å². The molecule has 2 aliphatic rings. The number of ether oxygens (including phenoxy) is 2. The Morgan fingerprint density at radius 3 is 2.61 bits per heavy atom. The van der Waals surface area contributed by atoms with Gasteiger partial charge in [-0.05, 0) is 37.5 Å². The van der Waals surface area contributed by atoms with Gasteiger partial charge in [0, 0.05) is 38.7 Å². The first kappa shape index (κ1) is 25.5. The van der Waals surface area contributed by atoms with Crippen molar-refractivity contribution >= 4 is 23.6 Å². The van der Waals surface area contributed by atoms with E-state index in [4.69, 9.17) is 24.6 Å². The molecule has 0 bridgehead atoms. The molecule has 2 aromatic heterocycles. The van der Waals surface area contributed by atoms with E-state index in [2.05, 4.69) is 15.1 Å². The van der Waals surface area contributed by atoms with E-state index in [1.807, 2.05) is 36.7 Å². The average molecular weight is 525 g/mol. The van der Waals surface area contributed by atoms with Gasteiger partial charge in [-0.1, -0.05) is 6.07 Å². The van der Waals surface area contributed by atoms with Gasteiger partial charge >= 0.3 is 0 Å². The van der Waals surface area contributed by atoms with E-state index in [0.29, 0.717) is 55.2 Å². The molecule has 5 rings (SSSR count). The minimum absolute atomic E-state index is 0.137. The van der Waals surface area contributed by atoms with Gasteiger partial charge in [-0.15, -0.1) is 10.2 Å². The maximum Gasteiger partial charge on any atom is 0.276 e. The summed E-state index contributed by atoms with van der Waals surface area (Å²) in [5.74, 6) is 1.77. The van der Waals surface area contributed by atoms with Gasteiger partial charge in [0.1, 0.15) is 25.8 Å². The molecular formula is C25H32N8O5. The van der Waals surface area contributed by atoms with Crippen molar-refractivity contribution in [1.82, 2.24) is 24.6 Å². The Balaban J connectivity index is 1.53. The Bertz CT molecular complexity index is 1340. The Kier molecular flexibility index (Phi) is 6.93. The van der Waals surface area contributed by atoms with Gasteiger partial charge in [0.05, 0.1) is 7.11 Å². The van der Waals surface area contributed by atoms with E-state index < -0.39 is 0 Å². The van der Waals surface area contributed by atoms with Crippen LogP contribution in [0.3, 0.4) is 0 Å². The zero-order valence-corrected chi connectivity index (χ0v) is 22.0. The Morgan fingerprint density at radius 2 is 1.89 bits per heavy atom. The van der Waals surface area contributed by atoms with E-state index in [1.54, 1.807) is 19.1 Å². The van der Waals surface area contributed by atoms with Crippen LogP contribution in [0.1, 0.15) is 34.8 Å². The number of methoxy groups -OCH3 is 1. The maximum absolute atomic E-state index is 13.5. The zero-order chi connectivity index (χ0) is 27.0. The second-order valence-electron chi connectivity index (χ2n) is 9.68. The third kappa shape index (κ3) is 4.76. The lowest BCUT2D eigenvalue weighted by Crippen LogP contribution is -2.40. The van der Waals surface area contributed by atoms with Crippen LogP contribution in [0.2, 0.25) is 0 Å². The molecule has 0 spiro atoms. The van der Waals surface area contributed by atoms with E-state index in [-0.39, 0.29) is 37.7 Å². The smallest absolute Gasteiger partial charge is 0.276 e. The molecule has 2 amide bonds. The molecule has 3 aromatic rings. The molecular weight excluding hydrogens is 492 g/mol. The number of piperidine rings is 1. The van der Waals surface area contributed by atoms with Crippen molar-refractivity contribution in [2.75, 3.05) is 57.6 Å². The molecule has 13 heteroatoms. The monoisotopic (exact) mass is 524 g/mol. The first-order chi connectivity index (χ1) is 18.3. The van der Waals surface area contributed by atoms with Crippen molar-refractivity contribution in [2.24, 2.45) is 11.7 Å². The van der Waals surface area contributed by atoms with Gasteiger partial charge in [-0.2, -0.15) is 4.98 Å². The van der Waals surface area contributed by atoms with Crippen molar-refractivity contribution in [1.29, 1.82) is 0 Å². The molecule has 2 aliphatic heterocycles. The van der Waals surface area contributed by atoms with Crippen molar-refractivity contribution in [3.63, 3.8) is 0 Å². The van der Waals surface area contributed by atoms with Crippen LogP contribution in [0.4, 0.5) is 11.8 Å². The largest absolute Gasteiger partial charge is 0.496 e. The summed E-state index contributed by atoms with van der Waals surface area (Å²) >= 11 is 0. The number of fused-ring (bicyclic) bond motifs is 1. The van der Waals surface area contributed by atoms with Crippen LogP contribution in [0.25, 0.3) is 11.5 Å². The van der Waals surface area contributed by atoms with E-state index in [9.17, 15) is 9.59 Å². The lowest BCUT2D eigenvalue weighted by atomic mass is 9.96. The van der Waals surface area contributed by atoms with Gasteiger partial charge < -0.3 is 34.3 Å². The summed E-state index contributed by atoms with van der Waals surface area (Å²) in [4.78, 5) is 35.5. The highest BCUT2D eigenvalue weighted by Crippen LogP contribution is 2.32. The highest BCUT2D eigenvalue weighted by Gasteiger charge is 2.34. The quantitative estimate of drug-likeness (QED) is 0.503. The number of aromatic nitrogens is 4. The lowest BCUT2D eigenvalue weighted by molar-refractivity contribution is -0.122. The molecule has 202 valence electrons. The van der Waals surface area contributed by atoms with Gasteiger partial charge in [0.25, 0.3) is 5.91 Å². The number of aryl methyl sites for hydroxylation is 1. The SMILES string of the molecule is COc1cc(-c2nnc(Cn3c(N4CCC(C(N)=O)CC4)nc4c3C(=O)N(C)COCN4C)o2)ccc1C. The molecule has 4 heterocycles. The summed E-state index contributed by atoms with van der Waals surface area (Å²) in [6.45, 7) is 3.66. The minimum Gasteiger partial charge on any atom is -0.496 e. The number of primary amides is 1. The number of nitrogens with two attached hydrogens (primary N) is 1. The topological polar surface area (TPSA) is 145 Å². The Hall–Kier alpha value is -4.13. The number of imidazole rings is 1. The minimum atomic E-state index is -0.292. The van der Waals surface area contributed by atoms with Crippen molar-refractivity contribution in [2.45, 2.75) is 26.3 Å². The maximum atomic E-state index is 13.5. The number of carbonyl (C=O) groups is 2. The molecule has 13 nitrogen and oxygen atoms in total. The number of benzene rings is 1. The number of rotatable bonds is 6. The van der Waals surface area contributed by atoms with Crippen LogP contribution < -0.4 is 20.3 Å². The standard InChI is InChI=1S/C25H32N8O5/c1-15-5-6-17(11-18(15)36-4)23-29-28-19(38-23)12-33-20-22(30(2)13-37-14-31(3)24(20)35)27-25(33)32-9-7-16(8-10-32)21(26)34/h5-6,11,16H,7-10,12-14H2,1-4H3,(H2,26,34). The summed E-state index contributed by atoms with van der Waals surface area (Å²) in [6, 6.07) is 5.67. The molecule has 0 saturated carbocycles. The molecule has 1 aromatic carbocycles. The molecule has 0 aliphatic carbocycles. The normalized spacial score (nSPS) is 16.8. The van der Waals surface area contributed by atoms with Crippen LogP contribution in [-0.4, -0.2) is 84.2 Å². The molecule has 0 unspecified atom stereocenters. The van der Waals surface area contributed by atoms with E-state index in [0.717, 1.165) is 16.9 Å². The fourth-order valence-corrected chi connectivity index (χ4v) is 4.80. The molecule has 2 N–H and O–H groups in total. The predicted octanol–water partition coefficient (Wildman–Crippen LogP) is 1.45. The van der Waals surface area contributed by atoms with Crippen molar-refractivity contribution in [3.8, 4) is 17.2 Å². The number of hydrogen-bond acceptors (Lipinski definition) is 10. The van der Waals surface area contributed by atoms with Crippen LogP contribution in [0.5, 0.6) is 5.75 Å². The number of carbonyl (C=O) groups excluding carboxylic acids is 2. The fraction of sp³-hybridized carbons (Fsp3) is 0.480. The van der Waals surface area contributed by atoms with Gasteiger partial charge in [0.2, 0.25) is 23.6 Å². The summed E-state index contributed by atoms with van der Waals surface area (Å²) in [5.41, 5.74) is 7.67. The second-order valence-corrected chi connectivity index (χ2v) is 9.68. The molecule has 0 radical (unpaired) electrons. The summed E-state index contributed by atoms with van der Waals surface area (Å²) in [6.07, 6.45) is 1.22. The van der Waals surface area contributed by atoms with Crippen molar-refractivity contribution in [3.05, 3.63) is 35.3 Å². The summed E-state index contributed by atoms with van der Waals surface area (Å²) < 4.78 is 18.9. The van der Waals surface area contributed by atoms with E-state index >= 15 is 0 Å². The highest BCUT2D eigenvalue weighted by molar-refractivity contribution is 5.98. The van der Waals surface area contributed by atoms with Crippen LogP contribution >= 0.6 is 0 Å². The summed E-state index contributed by atoms with van der Waals surface area (Å²) in [5, 5.41) is 8.51. The fourth-order valence-electron chi connectivity index (χ4n) is 4.80. The molecule has 38 heavy (non-hydrogen) atoms. The third-order valence-corrected chi connectivity index (χ3v) is 7.01. The Morgan fingerprint density at radius 1 is 1.16 bits per heavy atom. The van der Waals surface area contributed by atoms with Gasteiger partial charge in [0.15, 0.2) is 11.5 Å². The predicted molar refractivity (Wildman–Crippen MR) is 138 cm³/mol. The average Bonchev–Trinajstić information content (AvgIpc) is 3.53. The van der Waals surface area contributed by atoms with Crippen LogP contribution in [0, 0.1) is 12.8 Å². The van der Waals surface area contributed by atoms with Gasteiger partial charge in [-0.3, -0.25) is 14.2 Å². The first-order valence-corrected chi connectivity index (χ1v) is 12.4. The van der Waals surface area contributed by atoms with Crippen LogP contribution in [-0.2, 0) is 16.1 Å². The number of amides is 2. The highest BCUT2D eigenvalue weighted by atomic mass is 16.5. The first-order valence-electron chi connectivity index (χ1n) is 12.4. The summed E-state index contributed by atoms with van der Waals surface area (Å²) in [7, 11) is 5.12. The number of nitrogens with zero attached hydrogens (tertiary/aromatic N) is 7. The molecule has 1 saturated heterocycles. The van der Waals surface area contributed by atoms with E-state index in [1.165, 1.54) is 4.90 Å². The number of anilines is 2. The zero-order valence-electron chi connectivity index (χ0n) is 22.0. The molecule has 0 atom stereocenters. The van der Waals surface area contributed by atoms with Gasteiger partial charge in [-0.25, -0.2) is 0 Å². The van der Waals surface area contributed by atoms with Crippen LogP contribution in [0.15, 0.2) is 22.6 Å². The number of hydrogen-bond donors (Lipinski definition) is 1. The molecule has 1 fully saturated rings. The Labute approximate surface area is 220 Å².